The molecule has 0 unspecified atom stereocenters. The molecule has 0 amide bonds. The first kappa shape index (κ1) is 16.1. The maximum absolute atomic E-state index is 6.16. The van der Waals surface area contributed by atoms with E-state index in [1.165, 1.54) is 22.1 Å². The zero-order valence-electron chi connectivity index (χ0n) is 14.9. The number of fused-ring (bicyclic) bond motifs is 1. The Morgan fingerprint density at radius 2 is 1.76 bits per heavy atom. The number of aromatic nitrogens is 1. The Hall–Kier alpha value is -2.39. The molecule has 0 spiro atoms. The highest BCUT2D eigenvalue weighted by molar-refractivity contribution is 5.88. The molecule has 0 aliphatic carbocycles. The molecule has 3 nitrogen and oxygen atoms in total. The third-order valence-electron chi connectivity index (χ3n) is 5.16. The van der Waals surface area contributed by atoms with Crippen LogP contribution >= 0.6 is 0 Å². The highest BCUT2D eigenvalue weighted by Gasteiger charge is 2.18. The minimum absolute atomic E-state index is 0.341. The molecular weight excluding hydrogens is 308 g/mol. The van der Waals surface area contributed by atoms with Gasteiger partial charge in [-0.1, -0.05) is 30.3 Å². The fourth-order valence-corrected chi connectivity index (χ4v) is 3.61. The normalized spacial score (nSPS) is 16.2. The van der Waals surface area contributed by atoms with Gasteiger partial charge in [-0.25, -0.2) is 0 Å². The van der Waals surface area contributed by atoms with E-state index in [9.17, 15) is 0 Å². The maximum atomic E-state index is 6.16. The minimum Gasteiger partial charge on any atom is -0.490 e. The molecule has 1 fully saturated rings. The number of hydrogen-bond acceptors (Lipinski definition) is 3. The Balaban J connectivity index is 1.55. The number of ether oxygens (including phenoxy) is 1. The van der Waals surface area contributed by atoms with Gasteiger partial charge in [0.25, 0.3) is 0 Å². The number of piperidine rings is 1. The third kappa shape index (κ3) is 3.38. The molecule has 0 N–H and O–H groups in total. The maximum Gasteiger partial charge on any atom is 0.119 e. The van der Waals surface area contributed by atoms with Crippen LogP contribution < -0.4 is 4.74 Å². The lowest BCUT2D eigenvalue weighted by Gasteiger charge is -2.29. The average Bonchev–Trinajstić information content (AvgIpc) is 2.65. The van der Waals surface area contributed by atoms with Crippen LogP contribution in [-0.2, 0) is 0 Å². The highest BCUT2D eigenvalue weighted by atomic mass is 16.5. The van der Waals surface area contributed by atoms with Crippen LogP contribution in [0.5, 0.6) is 5.75 Å². The first-order chi connectivity index (χ1) is 12.2. The van der Waals surface area contributed by atoms with Crippen molar-refractivity contribution in [3.63, 3.8) is 0 Å². The molecule has 128 valence electrons. The van der Waals surface area contributed by atoms with E-state index in [2.05, 4.69) is 66.3 Å². The Labute approximate surface area is 149 Å². The number of hydrogen-bond donors (Lipinski definition) is 0. The van der Waals surface area contributed by atoms with E-state index in [1.807, 2.05) is 12.3 Å². The van der Waals surface area contributed by atoms with Crippen molar-refractivity contribution >= 4 is 10.9 Å². The number of pyridine rings is 1. The van der Waals surface area contributed by atoms with Gasteiger partial charge in [-0.15, -0.1) is 0 Å². The van der Waals surface area contributed by atoms with Crippen molar-refractivity contribution in [1.82, 2.24) is 9.88 Å². The Morgan fingerprint density at radius 3 is 2.52 bits per heavy atom. The highest BCUT2D eigenvalue weighted by Crippen LogP contribution is 2.30. The molecule has 2 heterocycles. The topological polar surface area (TPSA) is 25.4 Å². The quantitative estimate of drug-likeness (QED) is 0.696. The Kier molecular flexibility index (Phi) is 4.41. The second-order valence-electron chi connectivity index (χ2n) is 6.96. The van der Waals surface area contributed by atoms with Gasteiger partial charge in [0, 0.05) is 24.7 Å². The van der Waals surface area contributed by atoms with Crippen molar-refractivity contribution in [3.8, 4) is 16.9 Å². The lowest BCUT2D eigenvalue weighted by molar-refractivity contribution is 0.114. The van der Waals surface area contributed by atoms with Crippen molar-refractivity contribution < 1.29 is 4.74 Å². The van der Waals surface area contributed by atoms with Crippen molar-refractivity contribution in [2.24, 2.45) is 0 Å². The number of aryl methyl sites for hydroxylation is 1. The fourth-order valence-electron chi connectivity index (χ4n) is 3.61. The predicted octanol–water partition coefficient (Wildman–Crippen LogP) is 4.68. The standard InChI is InChI=1S/C22H24N2O/c1-16-21(10-7-18-4-3-13-23-22(16)18)17-5-8-19(9-6-17)25-20-11-14-24(2)15-12-20/h3-10,13,20H,11-12,14-15H2,1-2H3. The second kappa shape index (κ2) is 6.85. The number of rotatable bonds is 3. The zero-order valence-corrected chi connectivity index (χ0v) is 14.9. The lowest BCUT2D eigenvalue weighted by Crippen LogP contribution is -2.35. The summed E-state index contributed by atoms with van der Waals surface area (Å²) in [5.74, 6) is 0.967. The summed E-state index contributed by atoms with van der Waals surface area (Å²) in [7, 11) is 2.17. The van der Waals surface area contributed by atoms with Gasteiger partial charge in [-0.3, -0.25) is 4.98 Å². The summed E-state index contributed by atoms with van der Waals surface area (Å²) in [4.78, 5) is 6.90. The summed E-state index contributed by atoms with van der Waals surface area (Å²) in [6, 6.07) is 16.9. The van der Waals surface area contributed by atoms with Crippen LogP contribution in [0.2, 0.25) is 0 Å². The fraction of sp³-hybridized carbons (Fsp3) is 0.318. The molecule has 2 aromatic carbocycles. The molecule has 1 aliphatic rings. The Morgan fingerprint density at radius 1 is 1.00 bits per heavy atom. The first-order valence-corrected chi connectivity index (χ1v) is 9.01. The van der Waals surface area contributed by atoms with Crippen LogP contribution in [-0.4, -0.2) is 36.1 Å². The van der Waals surface area contributed by atoms with Crippen molar-refractivity contribution in [2.75, 3.05) is 20.1 Å². The zero-order chi connectivity index (χ0) is 17.2. The van der Waals surface area contributed by atoms with Gasteiger partial charge in [0.1, 0.15) is 11.9 Å². The van der Waals surface area contributed by atoms with E-state index in [0.717, 1.165) is 37.2 Å². The third-order valence-corrected chi connectivity index (χ3v) is 5.16. The Bertz CT molecular complexity index is 865. The molecule has 0 saturated carbocycles. The SMILES string of the molecule is Cc1c(-c2ccc(OC3CCN(C)CC3)cc2)ccc2cccnc12. The van der Waals surface area contributed by atoms with Gasteiger partial charge < -0.3 is 9.64 Å². The van der Waals surface area contributed by atoms with Gasteiger partial charge in [0.15, 0.2) is 0 Å². The number of benzene rings is 2. The van der Waals surface area contributed by atoms with Crippen LogP contribution in [0.25, 0.3) is 22.0 Å². The van der Waals surface area contributed by atoms with Gasteiger partial charge in [-0.2, -0.15) is 0 Å². The van der Waals surface area contributed by atoms with E-state index in [0.29, 0.717) is 6.10 Å². The molecule has 3 aromatic rings. The van der Waals surface area contributed by atoms with Crippen molar-refractivity contribution in [1.29, 1.82) is 0 Å². The van der Waals surface area contributed by atoms with Gasteiger partial charge >= 0.3 is 0 Å². The summed E-state index contributed by atoms with van der Waals surface area (Å²) < 4.78 is 6.16. The predicted molar refractivity (Wildman–Crippen MR) is 103 cm³/mol. The summed E-state index contributed by atoms with van der Waals surface area (Å²) >= 11 is 0. The molecular formula is C22H24N2O. The summed E-state index contributed by atoms with van der Waals surface area (Å²) in [6.45, 7) is 4.38. The smallest absolute Gasteiger partial charge is 0.119 e. The van der Waals surface area contributed by atoms with Crippen LogP contribution in [0, 0.1) is 6.92 Å². The van der Waals surface area contributed by atoms with E-state index in [1.54, 1.807) is 0 Å². The first-order valence-electron chi connectivity index (χ1n) is 9.01. The van der Waals surface area contributed by atoms with Crippen molar-refractivity contribution in [3.05, 3.63) is 60.3 Å². The summed E-state index contributed by atoms with van der Waals surface area (Å²) in [5.41, 5.74) is 4.74. The molecule has 1 saturated heterocycles. The van der Waals surface area contributed by atoms with E-state index in [-0.39, 0.29) is 0 Å². The molecule has 0 radical (unpaired) electrons. The molecule has 0 bridgehead atoms. The average molecular weight is 332 g/mol. The lowest BCUT2D eigenvalue weighted by atomic mass is 9.98. The van der Waals surface area contributed by atoms with E-state index >= 15 is 0 Å². The van der Waals surface area contributed by atoms with Crippen molar-refractivity contribution in [2.45, 2.75) is 25.9 Å². The van der Waals surface area contributed by atoms with Crippen LogP contribution in [0.15, 0.2) is 54.7 Å². The van der Waals surface area contributed by atoms with Gasteiger partial charge in [-0.05, 0) is 61.7 Å². The monoisotopic (exact) mass is 332 g/mol. The van der Waals surface area contributed by atoms with E-state index < -0.39 is 0 Å². The molecule has 1 aromatic heterocycles. The summed E-state index contributed by atoms with van der Waals surface area (Å²) in [6.07, 6.45) is 4.41. The molecule has 3 heteroatoms. The second-order valence-corrected chi connectivity index (χ2v) is 6.96. The molecule has 4 rings (SSSR count). The summed E-state index contributed by atoms with van der Waals surface area (Å²) in [5, 5.41) is 1.19. The molecule has 25 heavy (non-hydrogen) atoms. The number of likely N-dealkylation sites (tertiary alicyclic amines) is 1. The van der Waals surface area contributed by atoms with Crippen LogP contribution in [0.3, 0.4) is 0 Å². The molecule has 0 atom stereocenters. The van der Waals surface area contributed by atoms with Crippen LogP contribution in [0.4, 0.5) is 0 Å². The van der Waals surface area contributed by atoms with Crippen LogP contribution in [0.1, 0.15) is 18.4 Å². The number of nitrogens with zero attached hydrogens (tertiary/aromatic N) is 2. The minimum atomic E-state index is 0.341. The van der Waals surface area contributed by atoms with Gasteiger partial charge in [0.05, 0.1) is 5.52 Å². The largest absolute Gasteiger partial charge is 0.490 e. The van der Waals surface area contributed by atoms with E-state index in [4.69, 9.17) is 4.74 Å². The van der Waals surface area contributed by atoms with Gasteiger partial charge in [0.2, 0.25) is 0 Å². The molecule has 1 aliphatic heterocycles.